The van der Waals surface area contributed by atoms with E-state index in [0.29, 0.717) is 13.0 Å². The van der Waals surface area contributed by atoms with Crippen molar-refractivity contribution >= 4 is 0 Å². The Hall–Kier alpha value is -1.10. The molecule has 5 heteroatoms. The summed E-state index contributed by atoms with van der Waals surface area (Å²) in [4.78, 5) is 0. The molecule has 0 saturated heterocycles. The molecule has 1 aromatic carbocycles. The van der Waals surface area contributed by atoms with Crippen LogP contribution in [0.15, 0.2) is 18.2 Å². The van der Waals surface area contributed by atoms with Gasteiger partial charge in [-0.1, -0.05) is 20.3 Å². The van der Waals surface area contributed by atoms with Gasteiger partial charge in [-0.3, -0.25) is 0 Å². The molecule has 1 unspecified atom stereocenters. The fraction of sp³-hybridized carbons (Fsp3) is 0.571. The molecule has 0 saturated carbocycles. The third kappa shape index (κ3) is 4.49. The van der Waals surface area contributed by atoms with Gasteiger partial charge in [0.1, 0.15) is 5.82 Å². The number of halogens is 4. The summed E-state index contributed by atoms with van der Waals surface area (Å²) < 4.78 is 51.7. The van der Waals surface area contributed by atoms with Gasteiger partial charge in [-0.15, -0.1) is 0 Å². The topological polar surface area (TPSA) is 12.0 Å². The first kappa shape index (κ1) is 16.0. The molecule has 0 bridgehead atoms. The molecule has 1 aromatic rings. The van der Waals surface area contributed by atoms with E-state index in [2.05, 4.69) is 5.32 Å². The Balaban J connectivity index is 3.06. The fourth-order valence-electron chi connectivity index (χ4n) is 1.96. The van der Waals surface area contributed by atoms with Crippen molar-refractivity contribution in [3.8, 4) is 0 Å². The van der Waals surface area contributed by atoms with Crippen molar-refractivity contribution in [2.75, 3.05) is 6.54 Å². The van der Waals surface area contributed by atoms with E-state index in [9.17, 15) is 17.6 Å². The first-order valence-corrected chi connectivity index (χ1v) is 6.50. The molecule has 108 valence electrons. The maximum Gasteiger partial charge on any atom is 0.416 e. The number of nitrogens with one attached hydrogen (secondary N) is 1. The highest BCUT2D eigenvalue weighted by Gasteiger charge is 2.31. The zero-order valence-electron chi connectivity index (χ0n) is 11.1. The Kier molecular flexibility index (Phi) is 5.79. The molecule has 0 spiro atoms. The van der Waals surface area contributed by atoms with Crippen LogP contribution < -0.4 is 5.32 Å². The van der Waals surface area contributed by atoms with Gasteiger partial charge in [-0.05, 0) is 37.6 Å². The van der Waals surface area contributed by atoms with Crippen LogP contribution in [0.25, 0.3) is 0 Å². The smallest absolute Gasteiger partial charge is 0.310 e. The largest absolute Gasteiger partial charge is 0.416 e. The molecule has 0 radical (unpaired) electrons. The second kappa shape index (κ2) is 6.89. The molecule has 0 amide bonds. The first-order valence-electron chi connectivity index (χ1n) is 6.50. The highest BCUT2D eigenvalue weighted by Crippen LogP contribution is 2.32. The molecule has 0 heterocycles. The zero-order valence-corrected chi connectivity index (χ0v) is 11.1. The summed E-state index contributed by atoms with van der Waals surface area (Å²) in [7, 11) is 0. The van der Waals surface area contributed by atoms with Crippen molar-refractivity contribution in [1.82, 2.24) is 5.32 Å². The van der Waals surface area contributed by atoms with Crippen molar-refractivity contribution in [2.24, 2.45) is 0 Å². The van der Waals surface area contributed by atoms with Crippen molar-refractivity contribution in [3.05, 3.63) is 35.1 Å². The van der Waals surface area contributed by atoms with Gasteiger partial charge in [0.15, 0.2) is 0 Å². The van der Waals surface area contributed by atoms with E-state index < -0.39 is 17.6 Å². The molecule has 19 heavy (non-hydrogen) atoms. The van der Waals surface area contributed by atoms with Gasteiger partial charge in [0.05, 0.1) is 5.56 Å². The summed E-state index contributed by atoms with van der Waals surface area (Å²) in [5, 5.41) is 3.10. The maximum absolute atomic E-state index is 13.8. The lowest BCUT2D eigenvalue weighted by atomic mass is 9.99. The second-order valence-corrected chi connectivity index (χ2v) is 4.53. The van der Waals surface area contributed by atoms with Gasteiger partial charge in [0.25, 0.3) is 0 Å². The average molecular weight is 277 g/mol. The molecule has 0 fully saturated rings. The van der Waals surface area contributed by atoms with Gasteiger partial charge in [-0.25, -0.2) is 4.39 Å². The molecule has 0 aliphatic rings. The monoisotopic (exact) mass is 277 g/mol. The Morgan fingerprint density at radius 3 is 2.37 bits per heavy atom. The minimum absolute atomic E-state index is 0.102. The van der Waals surface area contributed by atoms with E-state index in [0.717, 1.165) is 31.0 Å². The minimum Gasteiger partial charge on any atom is -0.310 e. The maximum atomic E-state index is 13.8. The summed E-state index contributed by atoms with van der Waals surface area (Å²) in [6, 6.07) is 2.22. The Morgan fingerprint density at radius 1 is 1.16 bits per heavy atom. The number of alkyl halides is 3. The number of benzene rings is 1. The molecule has 0 aliphatic heterocycles. The van der Waals surface area contributed by atoms with Gasteiger partial charge in [0.2, 0.25) is 0 Å². The third-order valence-corrected chi connectivity index (χ3v) is 2.92. The number of hydrogen-bond donors (Lipinski definition) is 1. The van der Waals surface area contributed by atoms with E-state index >= 15 is 0 Å². The van der Waals surface area contributed by atoms with Gasteiger partial charge >= 0.3 is 6.18 Å². The third-order valence-electron chi connectivity index (χ3n) is 2.92. The highest BCUT2D eigenvalue weighted by molar-refractivity contribution is 5.29. The summed E-state index contributed by atoms with van der Waals surface area (Å²) >= 11 is 0. The summed E-state index contributed by atoms with van der Waals surface area (Å²) in [5.74, 6) is -0.588. The van der Waals surface area contributed by atoms with E-state index in [1.54, 1.807) is 0 Å². The van der Waals surface area contributed by atoms with Crippen LogP contribution in [-0.2, 0) is 6.18 Å². The lowest BCUT2D eigenvalue weighted by Gasteiger charge is -2.20. The van der Waals surface area contributed by atoms with Crippen molar-refractivity contribution in [1.29, 1.82) is 0 Å². The minimum atomic E-state index is -4.44. The standard InChI is InChI=1S/C14H19F4N/c1-3-5-13(19-8-4-2)11-9-10(14(16,17)18)6-7-12(11)15/h6-7,9,13,19H,3-5,8H2,1-2H3. The van der Waals surface area contributed by atoms with Crippen LogP contribution in [0, 0.1) is 5.82 Å². The Labute approximate surface area is 111 Å². The average Bonchev–Trinajstić information content (AvgIpc) is 2.34. The van der Waals surface area contributed by atoms with E-state index in [4.69, 9.17) is 0 Å². The van der Waals surface area contributed by atoms with E-state index in [1.807, 2.05) is 13.8 Å². The summed E-state index contributed by atoms with van der Waals surface area (Å²) in [5.41, 5.74) is -0.701. The molecule has 1 atom stereocenters. The van der Waals surface area contributed by atoms with Crippen LogP contribution in [0.2, 0.25) is 0 Å². The number of hydrogen-bond acceptors (Lipinski definition) is 1. The normalized spacial score (nSPS) is 13.6. The summed E-state index contributed by atoms with van der Waals surface area (Å²) in [6.45, 7) is 4.53. The first-order chi connectivity index (χ1) is 8.90. The van der Waals surface area contributed by atoms with Crippen molar-refractivity contribution in [3.63, 3.8) is 0 Å². The lowest BCUT2D eigenvalue weighted by Crippen LogP contribution is -2.23. The lowest BCUT2D eigenvalue weighted by molar-refractivity contribution is -0.137. The van der Waals surface area contributed by atoms with Crippen LogP contribution in [0.5, 0.6) is 0 Å². The van der Waals surface area contributed by atoms with Gasteiger partial charge in [-0.2, -0.15) is 13.2 Å². The van der Waals surface area contributed by atoms with Crippen LogP contribution in [0.1, 0.15) is 50.3 Å². The van der Waals surface area contributed by atoms with Crippen molar-refractivity contribution < 1.29 is 17.6 Å². The predicted octanol–water partition coefficient (Wildman–Crippen LogP) is 4.69. The van der Waals surface area contributed by atoms with Crippen molar-refractivity contribution in [2.45, 2.75) is 45.3 Å². The van der Waals surface area contributed by atoms with E-state index in [-0.39, 0.29) is 11.6 Å². The molecular weight excluding hydrogens is 258 g/mol. The molecule has 0 aromatic heterocycles. The Morgan fingerprint density at radius 2 is 1.84 bits per heavy atom. The fourth-order valence-corrected chi connectivity index (χ4v) is 1.96. The second-order valence-electron chi connectivity index (χ2n) is 4.53. The summed E-state index contributed by atoms with van der Waals surface area (Å²) in [6.07, 6.45) is -2.21. The molecule has 0 aliphatic carbocycles. The molecular formula is C14H19F4N. The highest BCUT2D eigenvalue weighted by atomic mass is 19.4. The van der Waals surface area contributed by atoms with Crippen LogP contribution >= 0.6 is 0 Å². The van der Waals surface area contributed by atoms with E-state index in [1.165, 1.54) is 0 Å². The number of rotatable bonds is 6. The molecule has 1 nitrogen and oxygen atoms in total. The van der Waals surface area contributed by atoms with Crippen LogP contribution in [0.4, 0.5) is 17.6 Å². The zero-order chi connectivity index (χ0) is 14.5. The van der Waals surface area contributed by atoms with Gasteiger partial charge < -0.3 is 5.32 Å². The Bertz CT molecular complexity index is 401. The van der Waals surface area contributed by atoms with Gasteiger partial charge in [0, 0.05) is 11.6 Å². The van der Waals surface area contributed by atoms with Crippen LogP contribution in [0.3, 0.4) is 0 Å². The molecule has 1 rings (SSSR count). The SMILES string of the molecule is CCCNC(CCC)c1cc(C(F)(F)F)ccc1F. The quantitative estimate of drug-likeness (QED) is 0.744. The van der Waals surface area contributed by atoms with Crippen LogP contribution in [-0.4, -0.2) is 6.54 Å². The molecule has 1 N–H and O–H groups in total. The predicted molar refractivity (Wildman–Crippen MR) is 67.3 cm³/mol.